The second-order valence-electron chi connectivity index (χ2n) is 6.18. The number of nitrogens with one attached hydrogen (secondary N) is 2. The van der Waals surface area contributed by atoms with Gasteiger partial charge in [0.05, 0.1) is 0 Å². The third kappa shape index (κ3) is 5.34. The van der Waals surface area contributed by atoms with E-state index in [0.717, 1.165) is 17.3 Å². The van der Waals surface area contributed by atoms with Crippen LogP contribution in [0.4, 0.5) is 17.3 Å². The first-order chi connectivity index (χ1) is 11.9. The van der Waals surface area contributed by atoms with E-state index in [0.29, 0.717) is 24.5 Å². The van der Waals surface area contributed by atoms with Gasteiger partial charge in [0, 0.05) is 58.6 Å². The van der Waals surface area contributed by atoms with Gasteiger partial charge in [-0.25, -0.2) is 9.97 Å². The molecule has 7 heteroatoms. The first-order valence-corrected chi connectivity index (χ1v) is 8.19. The zero-order valence-corrected chi connectivity index (χ0v) is 15.5. The topological polar surface area (TPSA) is 73.4 Å². The highest BCUT2D eigenvalue weighted by molar-refractivity contribution is 5.95. The number of hydrogen-bond acceptors (Lipinski definition) is 6. The molecule has 1 aromatic heterocycles. The number of aromatic nitrogens is 2. The number of benzene rings is 1. The second-order valence-corrected chi connectivity index (χ2v) is 6.18. The summed E-state index contributed by atoms with van der Waals surface area (Å²) in [5.74, 6) is 2.22. The standard InChI is InChI=1S/C18H26N6O/c1-13-21-16(12-17(22-13)24(4)5)19-9-10-20-18(25)14-7-6-8-15(11-14)23(2)3/h6-8,11-12H,9-10H2,1-5H3,(H,20,25)(H,19,21,22). The molecule has 134 valence electrons. The van der Waals surface area contributed by atoms with Gasteiger partial charge in [-0.05, 0) is 25.1 Å². The molecule has 7 nitrogen and oxygen atoms in total. The van der Waals surface area contributed by atoms with Gasteiger partial charge in [0.15, 0.2) is 0 Å². The molecule has 0 saturated carbocycles. The molecule has 0 unspecified atom stereocenters. The lowest BCUT2D eigenvalue weighted by Crippen LogP contribution is -2.29. The first kappa shape index (κ1) is 18.5. The van der Waals surface area contributed by atoms with Crippen molar-refractivity contribution in [1.29, 1.82) is 0 Å². The number of rotatable bonds is 7. The Hall–Kier alpha value is -2.83. The number of anilines is 3. The molecule has 1 heterocycles. The van der Waals surface area contributed by atoms with Crippen LogP contribution in [0.15, 0.2) is 30.3 Å². The number of nitrogens with zero attached hydrogens (tertiary/aromatic N) is 4. The van der Waals surface area contributed by atoms with Crippen LogP contribution in [-0.4, -0.2) is 57.2 Å². The maximum atomic E-state index is 12.2. The third-order valence-electron chi connectivity index (χ3n) is 3.62. The molecule has 1 aromatic carbocycles. The average molecular weight is 342 g/mol. The van der Waals surface area contributed by atoms with Crippen molar-refractivity contribution >= 4 is 23.2 Å². The van der Waals surface area contributed by atoms with E-state index in [2.05, 4.69) is 20.6 Å². The van der Waals surface area contributed by atoms with Crippen molar-refractivity contribution in [1.82, 2.24) is 15.3 Å². The van der Waals surface area contributed by atoms with E-state index in [1.54, 1.807) is 0 Å². The molecule has 0 aliphatic heterocycles. The molecule has 0 fully saturated rings. The van der Waals surface area contributed by atoms with Crippen LogP contribution in [0.2, 0.25) is 0 Å². The van der Waals surface area contributed by atoms with Gasteiger partial charge < -0.3 is 20.4 Å². The lowest BCUT2D eigenvalue weighted by molar-refractivity contribution is 0.0955. The molecule has 0 radical (unpaired) electrons. The Morgan fingerprint density at radius 3 is 2.48 bits per heavy atom. The lowest BCUT2D eigenvalue weighted by atomic mass is 10.2. The Morgan fingerprint density at radius 1 is 1.04 bits per heavy atom. The Labute approximate surface area is 149 Å². The minimum atomic E-state index is -0.0849. The van der Waals surface area contributed by atoms with E-state index >= 15 is 0 Å². The number of aryl methyl sites for hydroxylation is 1. The maximum Gasteiger partial charge on any atom is 0.251 e. The minimum absolute atomic E-state index is 0.0849. The highest BCUT2D eigenvalue weighted by Gasteiger charge is 2.07. The van der Waals surface area contributed by atoms with Crippen LogP contribution in [0.1, 0.15) is 16.2 Å². The van der Waals surface area contributed by atoms with Gasteiger partial charge in [-0.2, -0.15) is 0 Å². The number of hydrogen-bond donors (Lipinski definition) is 2. The van der Waals surface area contributed by atoms with E-state index in [-0.39, 0.29) is 5.91 Å². The van der Waals surface area contributed by atoms with E-state index < -0.39 is 0 Å². The summed E-state index contributed by atoms with van der Waals surface area (Å²) >= 11 is 0. The molecule has 0 spiro atoms. The van der Waals surface area contributed by atoms with Gasteiger partial charge in [0.25, 0.3) is 5.91 Å². The largest absolute Gasteiger partial charge is 0.378 e. The number of carbonyl (C=O) groups is 1. The lowest BCUT2D eigenvalue weighted by Gasteiger charge is -2.14. The SMILES string of the molecule is Cc1nc(NCCNC(=O)c2cccc(N(C)C)c2)cc(N(C)C)n1. The van der Waals surface area contributed by atoms with Crippen LogP contribution in [0.5, 0.6) is 0 Å². The van der Waals surface area contributed by atoms with E-state index in [9.17, 15) is 4.79 Å². The van der Waals surface area contributed by atoms with Crippen molar-refractivity contribution in [2.24, 2.45) is 0 Å². The fraction of sp³-hybridized carbons (Fsp3) is 0.389. The second kappa shape index (κ2) is 8.32. The summed E-state index contributed by atoms with van der Waals surface area (Å²) in [6.07, 6.45) is 0. The molecule has 2 rings (SSSR count). The Balaban J connectivity index is 1.87. The summed E-state index contributed by atoms with van der Waals surface area (Å²) in [5.41, 5.74) is 1.65. The highest BCUT2D eigenvalue weighted by Crippen LogP contribution is 2.14. The van der Waals surface area contributed by atoms with E-state index in [1.807, 2.05) is 75.2 Å². The average Bonchev–Trinajstić information content (AvgIpc) is 2.58. The minimum Gasteiger partial charge on any atom is -0.378 e. The van der Waals surface area contributed by atoms with Crippen molar-refractivity contribution in [3.63, 3.8) is 0 Å². The predicted octanol–water partition coefficient (Wildman–Crippen LogP) is 1.76. The monoisotopic (exact) mass is 342 g/mol. The molecule has 25 heavy (non-hydrogen) atoms. The van der Waals surface area contributed by atoms with Gasteiger partial charge in [0.2, 0.25) is 0 Å². The van der Waals surface area contributed by atoms with Gasteiger partial charge >= 0.3 is 0 Å². The fourth-order valence-corrected chi connectivity index (χ4v) is 2.27. The van der Waals surface area contributed by atoms with Crippen molar-refractivity contribution < 1.29 is 4.79 Å². The fourth-order valence-electron chi connectivity index (χ4n) is 2.27. The summed E-state index contributed by atoms with van der Waals surface area (Å²) in [7, 11) is 7.78. The summed E-state index contributed by atoms with van der Waals surface area (Å²) in [6.45, 7) is 2.95. The quantitative estimate of drug-likeness (QED) is 0.747. The molecule has 2 aromatic rings. The van der Waals surface area contributed by atoms with E-state index in [4.69, 9.17) is 0 Å². The predicted molar refractivity (Wildman–Crippen MR) is 103 cm³/mol. The van der Waals surface area contributed by atoms with Crippen LogP contribution in [0, 0.1) is 6.92 Å². The molecule has 0 aliphatic rings. The van der Waals surface area contributed by atoms with Gasteiger partial charge in [-0.3, -0.25) is 4.79 Å². The zero-order chi connectivity index (χ0) is 18.4. The molecule has 0 saturated heterocycles. The molecule has 0 aliphatic carbocycles. The smallest absolute Gasteiger partial charge is 0.251 e. The van der Waals surface area contributed by atoms with Crippen LogP contribution < -0.4 is 20.4 Å². The number of amides is 1. The molecule has 0 bridgehead atoms. The van der Waals surface area contributed by atoms with Gasteiger partial charge in [-0.15, -0.1) is 0 Å². The molecular weight excluding hydrogens is 316 g/mol. The zero-order valence-electron chi connectivity index (χ0n) is 15.5. The Kier molecular flexibility index (Phi) is 6.16. The molecule has 1 amide bonds. The highest BCUT2D eigenvalue weighted by atomic mass is 16.1. The van der Waals surface area contributed by atoms with Crippen molar-refractivity contribution in [2.75, 3.05) is 56.4 Å². The molecule has 0 atom stereocenters. The normalized spacial score (nSPS) is 10.3. The van der Waals surface area contributed by atoms with Crippen molar-refractivity contribution in [2.45, 2.75) is 6.92 Å². The Bertz CT molecular complexity index is 729. The van der Waals surface area contributed by atoms with Gasteiger partial charge in [-0.1, -0.05) is 6.07 Å². The first-order valence-electron chi connectivity index (χ1n) is 8.19. The van der Waals surface area contributed by atoms with Crippen molar-refractivity contribution in [3.8, 4) is 0 Å². The summed E-state index contributed by atoms with van der Waals surface area (Å²) in [4.78, 5) is 24.8. The molecular formula is C18H26N6O. The maximum absolute atomic E-state index is 12.2. The summed E-state index contributed by atoms with van der Waals surface area (Å²) < 4.78 is 0. The van der Waals surface area contributed by atoms with E-state index in [1.165, 1.54) is 0 Å². The third-order valence-corrected chi connectivity index (χ3v) is 3.62. The van der Waals surface area contributed by atoms with Crippen LogP contribution in [-0.2, 0) is 0 Å². The van der Waals surface area contributed by atoms with Crippen LogP contribution in [0.25, 0.3) is 0 Å². The van der Waals surface area contributed by atoms with Crippen molar-refractivity contribution in [3.05, 3.63) is 41.7 Å². The summed E-state index contributed by atoms with van der Waals surface area (Å²) in [5, 5.41) is 6.13. The van der Waals surface area contributed by atoms with Gasteiger partial charge in [0.1, 0.15) is 17.5 Å². The number of carbonyl (C=O) groups excluding carboxylic acids is 1. The van der Waals surface area contributed by atoms with Crippen LogP contribution >= 0.6 is 0 Å². The van der Waals surface area contributed by atoms with Crippen LogP contribution in [0.3, 0.4) is 0 Å². The summed E-state index contributed by atoms with van der Waals surface area (Å²) in [6, 6.07) is 9.43. The Morgan fingerprint density at radius 2 is 1.80 bits per heavy atom. The molecule has 2 N–H and O–H groups in total.